The van der Waals surface area contributed by atoms with Crippen LogP contribution in [0.5, 0.6) is 0 Å². The van der Waals surface area contributed by atoms with Gasteiger partial charge in [0.25, 0.3) is 0 Å². The summed E-state index contributed by atoms with van der Waals surface area (Å²) in [4.78, 5) is 16.2. The summed E-state index contributed by atoms with van der Waals surface area (Å²) in [6, 6.07) is 8.49. The Kier molecular flexibility index (Phi) is 3.99. The Morgan fingerprint density at radius 2 is 2.29 bits per heavy atom. The van der Waals surface area contributed by atoms with Crippen molar-refractivity contribution in [2.24, 2.45) is 0 Å². The van der Waals surface area contributed by atoms with Gasteiger partial charge in [0.05, 0.1) is 6.04 Å². The lowest BCUT2D eigenvalue weighted by atomic mass is 10.1. The molecular weight excluding hydrogens is 266 g/mol. The zero-order valence-electron chi connectivity index (χ0n) is 12.1. The van der Waals surface area contributed by atoms with Crippen LogP contribution >= 0.6 is 0 Å². The first kappa shape index (κ1) is 13.8. The zero-order chi connectivity index (χ0) is 14.7. The number of fused-ring (bicyclic) bond motifs is 1. The number of benzene rings is 1. The Morgan fingerprint density at radius 3 is 3.10 bits per heavy atom. The average molecular weight is 285 g/mol. The summed E-state index contributed by atoms with van der Waals surface area (Å²) in [5, 5.41) is 6.86. The summed E-state index contributed by atoms with van der Waals surface area (Å²) in [6.45, 7) is 1.79. The summed E-state index contributed by atoms with van der Waals surface area (Å²) >= 11 is 0. The maximum absolute atomic E-state index is 12.0. The molecule has 1 aromatic heterocycles. The Labute approximate surface area is 123 Å². The molecule has 1 unspecified atom stereocenters. The number of nitrogens with one attached hydrogen (secondary N) is 1. The van der Waals surface area contributed by atoms with Gasteiger partial charge in [-0.2, -0.15) is 4.98 Å². The van der Waals surface area contributed by atoms with Gasteiger partial charge in [-0.15, -0.1) is 0 Å². The van der Waals surface area contributed by atoms with E-state index < -0.39 is 0 Å². The van der Waals surface area contributed by atoms with E-state index in [-0.39, 0.29) is 11.9 Å². The quantitative estimate of drug-likeness (QED) is 0.916. The van der Waals surface area contributed by atoms with Gasteiger partial charge in [-0.3, -0.25) is 4.79 Å². The number of rotatable bonds is 5. The van der Waals surface area contributed by atoms with E-state index in [1.165, 1.54) is 11.1 Å². The third-order valence-corrected chi connectivity index (χ3v) is 3.83. The first-order valence-corrected chi connectivity index (χ1v) is 7.39. The predicted octanol–water partition coefficient (Wildman–Crippen LogP) is 2.50. The largest absolute Gasteiger partial charge is 0.349 e. The molecule has 1 amide bonds. The van der Waals surface area contributed by atoms with Gasteiger partial charge in [0, 0.05) is 12.8 Å². The summed E-state index contributed by atoms with van der Waals surface area (Å²) in [5.74, 6) is 1.33. The van der Waals surface area contributed by atoms with Crippen molar-refractivity contribution in [1.82, 2.24) is 15.5 Å². The fraction of sp³-hybridized carbons (Fsp3) is 0.438. The molecule has 0 aliphatic heterocycles. The van der Waals surface area contributed by atoms with Crippen LogP contribution in [0, 0.1) is 6.92 Å². The minimum atomic E-state index is 0.0907. The van der Waals surface area contributed by atoms with E-state index in [2.05, 4.69) is 33.7 Å². The van der Waals surface area contributed by atoms with E-state index in [9.17, 15) is 4.79 Å². The van der Waals surface area contributed by atoms with Crippen LogP contribution in [0.25, 0.3) is 0 Å². The van der Waals surface area contributed by atoms with Crippen molar-refractivity contribution in [3.05, 3.63) is 47.1 Å². The van der Waals surface area contributed by atoms with Crippen LogP contribution in [-0.4, -0.2) is 16.0 Å². The van der Waals surface area contributed by atoms with Crippen molar-refractivity contribution in [3.63, 3.8) is 0 Å². The summed E-state index contributed by atoms with van der Waals surface area (Å²) in [7, 11) is 0. The first-order valence-electron chi connectivity index (χ1n) is 7.39. The number of nitrogens with zero attached hydrogens (tertiary/aromatic N) is 2. The Morgan fingerprint density at radius 1 is 1.43 bits per heavy atom. The SMILES string of the molecule is Cc1noc(CCCC(=O)NC2CCc3ccccc32)n1. The van der Waals surface area contributed by atoms with Gasteiger partial charge >= 0.3 is 0 Å². The molecule has 1 heterocycles. The first-order chi connectivity index (χ1) is 10.2. The average Bonchev–Trinajstić information content (AvgIpc) is 3.06. The fourth-order valence-electron chi connectivity index (χ4n) is 2.82. The van der Waals surface area contributed by atoms with Crippen LogP contribution in [0.4, 0.5) is 0 Å². The van der Waals surface area contributed by atoms with E-state index >= 15 is 0 Å². The molecule has 0 bridgehead atoms. The lowest BCUT2D eigenvalue weighted by molar-refractivity contribution is -0.121. The van der Waals surface area contributed by atoms with Crippen LogP contribution in [0.3, 0.4) is 0 Å². The molecule has 2 aromatic rings. The topological polar surface area (TPSA) is 68.0 Å². The molecule has 0 saturated carbocycles. The highest BCUT2D eigenvalue weighted by Gasteiger charge is 2.23. The van der Waals surface area contributed by atoms with Gasteiger partial charge in [0.2, 0.25) is 11.8 Å². The van der Waals surface area contributed by atoms with E-state index in [1.807, 2.05) is 6.07 Å². The molecule has 21 heavy (non-hydrogen) atoms. The molecule has 5 nitrogen and oxygen atoms in total. The minimum absolute atomic E-state index is 0.0907. The number of aromatic nitrogens is 2. The third-order valence-electron chi connectivity index (χ3n) is 3.83. The monoisotopic (exact) mass is 285 g/mol. The summed E-state index contributed by atoms with van der Waals surface area (Å²) < 4.78 is 5.03. The molecule has 1 aromatic carbocycles. The van der Waals surface area contributed by atoms with Crippen LogP contribution in [0.15, 0.2) is 28.8 Å². The highest BCUT2D eigenvalue weighted by Crippen LogP contribution is 2.30. The van der Waals surface area contributed by atoms with Crippen LogP contribution in [-0.2, 0) is 17.6 Å². The predicted molar refractivity (Wildman–Crippen MR) is 77.6 cm³/mol. The minimum Gasteiger partial charge on any atom is -0.349 e. The lowest BCUT2D eigenvalue weighted by Gasteiger charge is -2.13. The van der Waals surface area contributed by atoms with E-state index in [1.54, 1.807) is 6.92 Å². The van der Waals surface area contributed by atoms with E-state index in [4.69, 9.17) is 4.52 Å². The second kappa shape index (κ2) is 6.08. The van der Waals surface area contributed by atoms with Gasteiger partial charge in [-0.1, -0.05) is 29.4 Å². The molecule has 110 valence electrons. The standard InChI is InChI=1S/C16H19N3O2/c1-11-17-16(21-19-11)8-4-7-15(20)18-14-10-9-12-5-2-3-6-13(12)14/h2-3,5-6,14H,4,7-10H2,1H3,(H,18,20). The second-order valence-electron chi connectivity index (χ2n) is 5.45. The molecular formula is C16H19N3O2. The van der Waals surface area contributed by atoms with E-state index in [0.29, 0.717) is 24.6 Å². The highest BCUT2D eigenvalue weighted by molar-refractivity contribution is 5.76. The number of carbonyl (C=O) groups is 1. The van der Waals surface area contributed by atoms with Crippen molar-refractivity contribution in [2.75, 3.05) is 0 Å². The number of hydrogen-bond acceptors (Lipinski definition) is 4. The van der Waals surface area contributed by atoms with Crippen LogP contribution < -0.4 is 5.32 Å². The van der Waals surface area contributed by atoms with Crippen molar-refractivity contribution < 1.29 is 9.32 Å². The van der Waals surface area contributed by atoms with E-state index in [0.717, 1.165) is 19.3 Å². The van der Waals surface area contributed by atoms with Gasteiger partial charge in [-0.25, -0.2) is 0 Å². The molecule has 1 aliphatic rings. The maximum Gasteiger partial charge on any atom is 0.226 e. The highest BCUT2D eigenvalue weighted by atomic mass is 16.5. The molecule has 0 fully saturated rings. The Hall–Kier alpha value is -2.17. The normalized spacial score (nSPS) is 16.7. The van der Waals surface area contributed by atoms with Crippen molar-refractivity contribution in [3.8, 4) is 0 Å². The molecule has 3 rings (SSSR count). The third kappa shape index (κ3) is 3.29. The molecule has 0 spiro atoms. The smallest absolute Gasteiger partial charge is 0.226 e. The second-order valence-corrected chi connectivity index (χ2v) is 5.45. The Bertz CT molecular complexity index is 636. The molecule has 0 radical (unpaired) electrons. The lowest BCUT2D eigenvalue weighted by Crippen LogP contribution is -2.26. The summed E-state index contributed by atoms with van der Waals surface area (Å²) in [6.07, 6.45) is 3.90. The van der Waals surface area contributed by atoms with Gasteiger partial charge < -0.3 is 9.84 Å². The number of carbonyl (C=O) groups excluding carboxylic acids is 1. The molecule has 0 saturated heterocycles. The molecule has 5 heteroatoms. The van der Waals surface area contributed by atoms with Gasteiger partial charge in [0.15, 0.2) is 5.82 Å². The van der Waals surface area contributed by atoms with Gasteiger partial charge in [0.1, 0.15) is 0 Å². The summed E-state index contributed by atoms with van der Waals surface area (Å²) in [5.41, 5.74) is 2.61. The maximum atomic E-state index is 12.0. The number of aryl methyl sites for hydroxylation is 3. The molecule has 1 aliphatic carbocycles. The number of amides is 1. The zero-order valence-corrected chi connectivity index (χ0v) is 12.1. The molecule has 1 N–H and O–H groups in total. The van der Waals surface area contributed by atoms with Gasteiger partial charge in [-0.05, 0) is 37.3 Å². The van der Waals surface area contributed by atoms with Crippen molar-refractivity contribution >= 4 is 5.91 Å². The van der Waals surface area contributed by atoms with Crippen LogP contribution in [0.2, 0.25) is 0 Å². The molecule has 1 atom stereocenters. The Balaban J connectivity index is 1.47. The van der Waals surface area contributed by atoms with Crippen molar-refractivity contribution in [2.45, 2.75) is 45.1 Å². The van der Waals surface area contributed by atoms with Crippen molar-refractivity contribution in [1.29, 1.82) is 0 Å². The fourth-order valence-corrected chi connectivity index (χ4v) is 2.82. The number of hydrogen-bond donors (Lipinski definition) is 1. The van der Waals surface area contributed by atoms with Crippen LogP contribution in [0.1, 0.15) is 48.1 Å².